The molecule has 0 aliphatic heterocycles. The Balaban J connectivity index is 3.62. The molecule has 2 N–H and O–H groups in total. The molecule has 3 nitrogen and oxygen atoms in total. The summed E-state index contributed by atoms with van der Waals surface area (Å²) >= 11 is 1.73. The Hall–Kier alpha value is -0.220. The lowest BCUT2D eigenvalue weighted by molar-refractivity contribution is -0.139. The highest BCUT2D eigenvalue weighted by Gasteiger charge is 2.17. The van der Waals surface area contributed by atoms with Crippen LogP contribution < -0.4 is 5.32 Å². The van der Waals surface area contributed by atoms with E-state index in [1.807, 2.05) is 13.8 Å². The molecule has 4 heteroatoms. The van der Waals surface area contributed by atoms with Gasteiger partial charge in [0, 0.05) is 11.8 Å². The zero-order valence-electron chi connectivity index (χ0n) is 9.95. The number of carbonyl (C=O) groups is 1. The average Bonchev–Trinajstić information content (AvgIpc) is 2.15. The molecule has 0 aliphatic rings. The summed E-state index contributed by atoms with van der Waals surface area (Å²) in [6.45, 7) is 6.11. The third-order valence-electron chi connectivity index (χ3n) is 2.01. The zero-order chi connectivity index (χ0) is 11.7. The summed E-state index contributed by atoms with van der Waals surface area (Å²) in [6, 6.07) is -0.182. The van der Waals surface area contributed by atoms with E-state index in [4.69, 9.17) is 5.11 Å². The Bertz CT molecular complexity index is 174. The number of thioether (sulfide) groups is 1. The van der Waals surface area contributed by atoms with Crippen molar-refractivity contribution in [1.29, 1.82) is 0 Å². The Morgan fingerprint density at radius 3 is 2.53 bits per heavy atom. The van der Waals surface area contributed by atoms with Gasteiger partial charge in [0.25, 0.3) is 0 Å². The highest BCUT2D eigenvalue weighted by atomic mass is 32.2. The van der Waals surface area contributed by atoms with Gasteiger partial charge in [0.15, 0.2) is 0 Å². The molecule has 0 heterocycles. The lowest BCUT2D eigenvalue weighted by atomic mass is 10.3. The van der Waals surface area contributed by atoms with Crippen molar-refractivity contribution in [3.63, 3.8) is 0 Å². The summed E-state index contributed by atoms with van der Waals surface area (Å²) in [7, 11) is 0. The van der Waals surface area contributed by atoms with Crippen LogP contribution in [0, 0.1) is 0 Å². The van der Waals surface area contributed by atoms with Gasteiger partial charge in [-0.05, 0) is 12.2 Å². The van der Waals surface area contributed by atoms with Crippen molar-refractivity contribution in [3.8, 4) is 0 Å². The van der Waals surface area contributed by atoms with E-state index in [0.29, 0.717) is 5.75 Å². The van der Waals surface area contributed by atoms with Crippen molar-refractivity contribution in [2.45, 2.75) is 52.1 Å². The normalized spacial score (nSPS) is 13.1. The topological polar surface area (TPSA) is 49.3 Å². The van der Waals surface area contributed by atoms with Crippen molar-refractivity contribution in [2.24, 2.45) is 0 Å². The van der Waals surface area contributed by atoms with Crippen LogP contribution in [0.15, 0.2) is 0 Å². The fraction of sp³-hybridized carbons (Fsp3) is 0.909. The highest BCUT2D eigenvalue weighted by molar-refractivity contribution is 7.99. The monoisotopic (exact) mass is 233 g/mol. The second-order valence-corrected chi connectivity index (χ2v) is 5.14. The molecular weight excluding hydrogens is 210 g/mol. The zero-order valence-corrected chi connectivity index (χ0v) is 10.8. The molecule has 90 valence electrons. The van der Waals surface area contributed by atoms with Crippen molar-refractivity contribution < 1.29 is 9.90 Å². The van der Waals surface area contributed by atoms with Gasteiger partial charge in [-0.1, -0.05) is 33.6 Å². The SMILES string of the molecule is CCCCCSCC(NC(C)C)C(=O)O. The summed E-state index contributed by atoms with van der Waals surface area (Å²) in [5.74, 6) is 0.987. The molecule has 0 bridgehead atoms. The summed E-state index contributed by atoms with van der Waals surface area (Å²) < 4.78 is 0. The predicted molar refractivity (Wildman–Crippen MR) is 66.5 cm³/mol. The van der Waals surface area contributed by atoms with Crippen LogP contribution in [0.5, 0.6) is 0 Å². The van der Waals surface area contributed by atoms with Gasteiger partial charge in [-0.3, -0.25) is 4.79 Å². The van der Waals surface area contributed by atoms with E-state index in [-0.39, 0.29) is 6.04 Å². The third kappa shape index (κ3) is 8.75. The molecule has 0 saturated heterocycles. The van der Waals surface area contributed by atoms with E-state index < -0.39 is 12.0 Å². The molecule has 0 spiro atoms. The van der Waals surface area contributed by atoms with Gasteiger partial charge < -0.3 is 10.4 Å². The number of carboxylic acids is 1. The molecule has 0 saturated carbocycles. The van der Waals surface area contributed by atoms with Crippen LogP contribution in [0.4, 0.5) is 0 Å². The van der Waals surface area contributed by atoms with E-state index in [9.17, 15) is 4.79 Å². The quantitative estimate of drug-likeness (QED) is 0.600. The molecule has 0 fully saturated rings. The maximum absolute atomic E-state index is 10.9. The fourth-order valence-electron chi connectivity index (χ4n) is 1.25. The van der Waals surface area contributed by atoms with Crippen molar-refractivity contribution in [2.75, 3.05) is 11.5 Å². The van der Waals surface area contributed by atoms with E-state index in [1.165, 1.54) is 19.3 Å². The van der Waals surface area contributed by atoms with Gasteiger partial charge in [-0.15, -0.1) is 0 Å². The summed E-state index contributed by atoms with van der Waals surface area (Å²) in [5.41, 5.74) is 0. The molecule has 0 radical (unpaired) electrons. The van der Waals surface area contributed by atoms with Gasteiger partial charge in [0.05, 0.1) is 0 Å². The lowest BCUT2D eigenvalue weighted by Gasteiger charge is -2.16. The first kappa shape index (κ1) is 14.8. The fourth-order valence-corrected chi connectivity index (χ4v) is 2.30. The summed E-state index contributed by atoms with van der Waals surface area (Å²) in [5, 5.41) is 12.0. The van der Waals surface area contributed by atoms with E-state index in [1.54, 1.807) is 11.8 Å². The molecule has 0 aliphatic carbocycles. The van der Waals surface area contributed by atoms with Crippen LogP contribution in [0.2, 0.25) is 0 Å². The Labute approximate surface area is 97.0 Å². The average molecular weight is 233 g/mol. The van der Waals surface area contributed by atoms with Gasteiger partial charge in [0.2, 0.25) is 0 Å². The van der Waals surface area contributed by atoms with Crippen LogP contribution >= 0.6 is 11.8 Å². The molecular formula is C11H23NO2S. The third-order valence-corrected chi connectivity index (χ3v) is 3.16. The molecule has 15 heavy (non-hydrogen) atoms. The maximum Gasteiger partial charge on any atom is 0.321 e. The van der Waals surface area contributed by atoms with Crippen LogP contribution in [-0.4, -0.2) is 34.7 Å². The number of aliphatic carboxylic acids is 1. The molecule has 0 aromatic heterocycles. The minimum Gasteiger partial charge on any atom is -0.480 e. The van der Waals surface area contributed by atoms with Crippen LogP contribution in [0.25, 0.3) is 0 Å². The maximum atomic E-state index is 10.9. The van der Waals surface area contributed by atoms with Crippen LogP contribution in [0.1, 0.15) is 40.0 Å². The molecule has 0 amide bonds. The Morgan fingerprint density at radius 1 is 1.40 bits per heavy atom. The smallest absolute Gasteiger partial charge is 0.321 e. The van der Waals surface area contributed by atoms with E-state index in [2.05, 4.69) is 12.2 Å². The lowest BCUT2D eigenvalue weighted by Crippen LogP contribution is -2.42. The highest BCUT2D eigenvalue weighted by Crippen LogP contribution is 2.08. The number of hydrogen-bond acceptors (Lipinski definition) is 3. The van der Waals surface area contributed by atoms with E-state index in [0.717, 1.165) is 5.75 Å². The van der Waals surface area contributed by atoms with Crippen LogP contribution in [0.3, 0.4) is 0 Å². The number of hydrogen-bond donors (Lipinski definition) is 2. The standard InChI is InChI=1S/C11H23NO2S/c1-4-5-6-7-15-8-10(11(13)14)12-9(2)3/h9-10,12H,4-8H2,1-3H3,(H,13,14). The number of carboxylic acid groups (broad SMARTS) is 1. The largest absolute Gasteiger partial charge is 0.480 e. The van der Waals surface area contributed by atoms with E-state index >= 15 is 0 Å². The second kappa shape index (κ2) is 9.04. The molecule has 1 atom stereocenters. The predicted octanol–water partition coefficient (Wildman–Crippen LogP) is 2.36. The molecule has 1 unspecified atom stereocenters. The molecule has 0 aromatic rings. The summed E-state index contributed by atoms with van der Waals surface area (Å²) in [4.78, 5) is 10.9. The summed E-state index contributed by atoms with van der Waals surface area (Å²) in [6.07, 6.45) is 3.64. The van der Waals surface area contributed by atoms with Gasteiger partial charge >= 0.3 is 5.97 Å². The Morgan fingerprint density at radius 2 is 2.07 bits per heavy atom. The van der Waals surface area contributed by atoms with Crippen molar-refractivity contribution in [3.05, 3.63) is 0 Å². The minimum absolute atomic E-state index is 0.224. The van der Waals surface area contributed by atoms with Crippen molar-refractivity contribution in [1.82, 2.24) is 5.32 Å². The van der Waals surface area contributed by atoms with Crippen LogP contribution in [-0.2, 0) is 4.79 Å². The molecule has 0 rings (SSSR count). The van der Waals surface area contributed by atoms with Gasteiger partial charge in [-0.2, -0.15) is 11.8 Å². The second-order valence-electron chi connectivity index (χ2n) is 3.99. The minimum atomic E-state index is -0.744. The number of nitrogens with one attached hydrogen (secondary N) is 1. The first-order valence-electron chi connectivity index (χ1n) is 5.64. The van der Waals surface area contributed by atoms with Gasteiger partial charge in [-0.25, -0.2) is 0 Å². The first-order chi connectivity index (χ1) is 7.07. The van der Waals surface area contributed by atoms with Crippen molar-refractivity contribution >= 4 is 17.7 Å². The molecule has 0 aromatic carbocycles. The number of rotatable bonds is 9. The van der Waals surface area contributed by atoms with Gasteiger partial charge in [0.1, 0.15) is 6.04 Å². The number of unbranched alkanes of at least 4 members (excludes halogenated alkanes) is 2. The first-order valence-corrected chi connectivity index (χ1v) is 6.80. The Kier molecular flexibility index (Phi) is 8.91.